The molecule has 1 aliphatic carbocycles. The van der Waals surface area contributed by atoms with Crippen molar-refractivity contribution in [3.63, 3.8) is 0 Å². The molecule has 7 nitrogen and oxygen atoms in total. The molecule has 1 unspecified atom stereocenters. The molecule has 2 aromatic rings. The van der Waals surface area contributed by atoms with Gasteiger partial charge in [-0.05, 0) is 60.4 Å². The van der Waals surface area contributed by atoms with Gasteiger partial charge in [0.15, 0.2) is 0 Å². The van der Waals surface area contributed by atoms with Gasteiger partial charge in [-0.25, -0.2) is 9.80 Å². The van der Waals surface area contributed by atoms with Gasteiger partial charge in [0.25, 0.3) is 0 Å². The Labute approximate surface area is 191 Å². The smallest absolute Gasteiger partial charge is 0.336 e. The van der Waals surface area contributed by atoms with E-state index in [1.165, 1.54) is 22.8 Å². The maximum atomic E-state index is 13.5. The van der Waals surface area contributed by atoms with Crippen molar-refractivity contribution in [2.24, 2.45) is 0 Å². The molecule has 2 N–H and O–H groups in total. The van der Waals surface area contributed by atoms with Gasteiger partial charge in [0, 0.05) is 13.1 Å². The second kappa shape index (κ2) is 8.59. The number of hydrazine groups is 1. The lowest BCUT2D eigenvalue weighted by Gasteiger charge is -2.41. The number of amides is 2. The Morgan fingerprint density at radius 1 is 1.03 bits per heavy atom. The van der Waals surface area contributed by atoms with Gasteiger partial charge in [-0.2, -0.15) is 0 Å². The van der Waals surface area contributed by atoms with E-state index < -0.39 is 10.8 Å². The molecular weight excluding hydrogens is 426 g/mol. The Balaban J connectivity index is 1.37. The summed E-state index contributed by atoms with van der Waals surface area (Å²) in [5.41, 5.74) is 3.59. The van der Waals surface area contributed by atoms with Gasteiger partial charge in [0.05, 0.1) is 25.4 Å². The van der Waals surface area contributed by atoms with E-state index in [1.807, 2.05) is 29.2 Å². The van der Waals surface area contributed by atoms with Gasteiger partial charge in [0.2, 0.25) is 0 Å². The molecule has 0 spiro atoms. The highest BCUT2D eigenvalue weighted by Crippen LogP contribution is 2.51. The van der Waals surface area contributed by atoms with Crippen LogP contribution < -0.4 is 4.74 Å². The Hall–Kier alpha value is -2.26. The van der Waals surface area contributed by atoms with E-state index in [2.05, 4.69) is 24.3 Å². The van der Waals surface area contributed by atoms with Crippen molar-refractivity contribution in [1.82, 2.24) is 14.3 Å². The highest BCUT2D eigenvalue weighted by atomic mass is 32.3. The fraction of sp³-hybridized carbons (Fsp3) is 0.458. The summed E-state index contributed by atoms with van der Waals surface area (Å²) in [7, 11) is -1.27. The number of nitrogens with zero attached hydrogens (tertiary/aromatic N) is 3. The number of methoxy groups -OCH3 is 1. The minimum Gasteiger partial charge on any atom is -0.497 e. The molecule has 1 saturated carbocycles. The Morgan fingerprint density at radius 2 is 1.72 bits per heavy atom. The molecular formula is C24H31N3O4S. The van der Waals surface area contributed by atoms with Crippen LogP contribution in [-0.4, -0.2) is 62.0 Å². The van der Waals surface area contributed by atoms with Crippen LogP contribution in [0.3, 0.4) is 0 Å². The van der Waals surface area contributed by atoms with Gasteiger partial charge in [0.1, 0.15) is 5.75 Å². The normalized spacial score (nSPS) is 24.2. The first kappa shape index (κ1) is 21.6. The highest BCUT2D eigenvalue weighted by Gasteiger charge is 2.45. The minimum atomic E-state index is -2.92. The molecule has 3 aliphatic rings. The van der Waals surface area contributed by atoms with E-state index in [0.717, 1.165) is 23.3 Å². The van der Waals surface area contributed by atoms with E-state index in [4.69, 9.17) is 4.74 Å². The summed E-state index contributed by atoms with van der Waals surface area (Å²) in [5, 5.41) is 1.57. The number of hydrogen-bond donors (Lipinski definition) is 2. The molecule has 3 fully saturated rings. The number of carbonyl (C=O) groups excluding carboxylic acids is 1. The number of benzene rings is 2. The molecule has 32 heavy (non-hydrogen) atoms. The van der Waals surface area contributed by atoms with Crippen LogP contribution in [0.15, 0.2) is 48.5 Å². The van der Waals surface area contributed by atoms with Crippen LogP contribution in [0.25, 0.3) is 0 Å². The molecule has 0 radical (unpaired) electrons. The maximum Gasteiger partial charge on any atom is 0.336 e. The van der Waals surface area contributed by atoms with Crippen LogP contribution in [-0.2, 0) is 6.42 Å². The molecule has 172 valence electrons. The molecule has 2 aromatic carbocycles. The van der Waals surface area contributed by atoms with Crippen molar-refractivity contribution in [3.05, 3.63) is 65.2 Å². The summed E-state index contributed by atoms with van der Waals surface area (Å²) in [6.45, 7) is 1.48. The average Bonchev–Trinajstić information content (AvgIpc) is 3.52. The van der Waals surface area contributed by atoms with Crippen LogP contribution in [0.1, 0.15) is 47.9 Å². The highest BCUT2D eigenvalue weighted by molar-refractivity contribution is 8.22. The molecule has 8 heteroatoms. The van der Waals surface area contributed by atoms with Crippen molar-refractivity contribution in [3.8, 4) is 5.75 Å². The third-order valence-corrected chi connectivity index (χ3v) is 8.62. The number of hydrogen-bond acceptors (Lipinski definition) is 5. The molecule has 0 aromatic heterocycles. The van der Waals surface area contributed by atoms with Crippen LogP contribution in [0, 0.1) is 0 Å². The molecule has 2 aliphatic heterocycles. The zero-order chi connectivity index (χ0) is 22.3. The van der Waals surface area contributed by atoms with Gasteiger partial charge >= 0.3 is 6.03 Å². The standard InChI is InChI=1S/C24H31N3O4S/c1-31-22-11-3-18(4-12-22)13-15-25-23(21-9-7-20(8-10-21)19-5-6-19)17-26(24(25)28)27-14-2-16-32(27,29)30/h3-4,7-12,19,23,29-30H,2,5-6,13-17H2,1H3. The Morgan fingerprint density at radius 3 is 2.31 bits per heavy atom. The van der Waals surface area contributed by atoms with Crippen LogP contribution >= 0.6 is 10.8 Å². The van der Waals surface area contributed by atoms with Crippen molar-refractivity contribution >= 4 is 16.8 Å². The first-order valence-corrected chi connectivity index (χ1v) is 13.0. The minimum absolute atomic E-state index is 0.121. The van der Waals surface area contributed by atoms with Crippen molar-refractivity contribution < 1.29 is 18.6 Å². The third-order valence-electron chi connectivity index (χ3n) is 6.73. The summed E-state index contributed by atoms with van der Waals surface area (Å²) in [5.74, 6) is 1.82. The largest absolute Gasteiger partial charge is 0.497 e. The first-order chi connectivity index (χ1) is 15.5. The van der Waals surface area contributed by atoms with E-state index in [9.17, 15) is 13.9 Å². The van der Waals surface area contributed by atoms with Gasteiger partial charge < -0.3 is 9.64 Å². The maximum absolute atomic E-state index is 13.5. The zero-order valence-corrected chi connectivity index (χ0v) is 19.2. The molecule has 2 saturated heterocycles. The summed E-state index contributed by atoms with van der Waals surface area (Å²) < 4.78 is 27.7. The first-order valence-electron chi connectivity index (χ1n) is 11.3. The Kier molecular flexibility index (Phi) is 5.79. The van der Waals surface area contributed by atoms with E-state index >= 15 is 0 Å². The van der Waals surface area contributed by atoms with Crippen molar-refractivity contribution in [2.45, 2.75) is 37.6 Å². The lowest BCUT2D eigenvalue weighted by molar-refractivity contribution is 0.105. The number of rotatable bonds is 7. The molecule has 1 atom stereocenters. The summed E-state index contributed by atoms with van der Waals surface area (Å²) in [6, 6.07) is 16.3. The van der Waals surface area contributed by atoms with Gasteiger partial charge in [-0.3, -0.25) is 9.11 Å². The second-order valence-corrected chi connectivity index (χ2v) is 11.0. The second-order valence-electron chi connectivity index (χ2n) is 8.88. The lowest BCUT2D eigenvalue weighted by atomic mass is 10.0. The van der Waals surface area contributed by atoms with Crippen LogP contribution in [0.4, 0.5) is 4.79 Å². The van der Waals surface area contributed by atoms with Crippen LogP contribution in [0.2, 0.25) is 0 Å². The lowest BCUT2D eigenvalue weighted by Crippen LogP contribution is -2.44. The van der Waals surface area contributed by atoms with E-state index in [1.54, 1.807) is 12.1 Å². The van der Waals surface area contributed by atoms with Gasteiger partial charge in [-0.15, -0.1) is 15.2 Å². The van der Waals surface area contributed by atoms with E-state index in [0.29, 0.717) is 37.7 Å². The molecule has 2 heterocycles. The number of urea groups is 1. The summed E-state index contributed by atoms with van der Waals surface area (Å²) >= 11 is 0. The van der Waals surface area contributed by atoms with Crippen molar-refractivity contribution in [1.29, 1.82) is 0 Å². The predicted molar refractivity (Wildman–Crippen MR) is 126 cm³/mol. The predicted octanol–water partition coefficient (Wildman–Crippen LogP) is 4.88. The van der Waals surface area contributed by atoms with Crippen molar-refractivity contribution in [2.75, 3.05) is 32.5 Å². The summed E-state index contributed by atoms with van der Waals surface area (Å²) in [4.78, 5) is 15.3. The fourth-order valence-corrected chi connectivity index (χ4v) is 6.32. The average molecular weight is 458 g/mol. The number of ether oxygens (including phenoxy) is 1. The van der Waals surface area contributed by atoms with E-state index in [-0.39, 0.29) is 12.1 Å². The number of carbonyl (C=O) groups is 1. The topological polar surface area (TPSA) is 76.5 Å². The molecule has 2 amide bonds. The quantitative estimate of drug-likeness (QED) is 0.620. The Bertz CT molecular complexity index is 962. The summed E-state index contributed by atoms with van der Waals surface area (Å²) in [6.07, 6.45) is 3.92. The zero-order valence-electron chi connectivity index (χ0n) is 18.4. The van der Waals surface area contributed by atoms with Crippen LogP contribution in [0.5, 0.6) is 5.75 Å². The SMILES string of the molecule is COc1ccc(CCN2C(=O)N(N3CCCS3(O)O)CC2c2ccc(C3CC3)cc2)cc1. The third kappa shape index (κ3) is 4.20. The molecule has 5 rings (SSSR count). The van der Waals surface area contributed by atoms with Gasteiger partial charge in [-0.1, -0.05) is 36.4 Å². The molecule has 0 bridgehead atoms. The monoisotopic (exact) mass is 457 g/mol. The fourth-order valence-electron chi connectivity index (χ4n) is 4.72.